The van der Waals surface area contributed by atoms with Crippen LogP contribution in [0.25, 0.3) is 22.0 Å². The van der Waals surface area contributed by atoms with Gasteiger partial charge in [0.05, 0.1) is 5.69 Å². The minimum Gasteiger partial charge on any atom is -0.364 e. The second-order valence-corrected chi connectivity index (χ2v) is 4.88. The molecule has 0 fully saturated rings. The Morgan fingerprint density at radius 1 is 1.05 bits per heavy atom. The largest absolute Gasteiger partial charge is 0.364 e. The zero-order chi connectivity index (χ0) is 14.1. The predicted octanol–water partition coefficient (Wildman–Crippen LogP) is 3.65. The van der Waals surface area contributed by atoms with Gasteiger partial charge in [0.25, 0.3) is 5.91 Å². The Morgan fingerprint density at radius 2 is 1.75 bits per heavy atom. The summed E-state index contributed by atoms with van der Waals surface area (Å²) in [6, 6.07) is 16.8. The second kappa shape index (κ2) is 4.94. The van der Waals surface area contributed by atoms with E-state index < -0.39 is 5.91 Å². The molecule has 0 bridgehead atoms. The van der Waals surface area contributed by atoms with Gasteiger partial charge in [0.1, 0.15) is 5.69 Å². The molecule has 3 rings (SSSR count). The monoisotopic (exact) mass is 282 g/mol. The van der Waals surface area contributed by atoms with Gasteiger partial charge in [-0.15, -0.1) is 0 Å². The number of rotatable bonds is 2. The Bertz CT molecular complexity index is 797. The van der Waals surface area contributed by atoms with Crippen molar-refractivity contribution in [1.29, 1.82) is 0 Å². The molecule has 0 aliphatic heterocycles. The number of halogens is 1. The van der Waals surface area contributed by atoms with Gasteiger partial charge in [-0.3, -0.25) is 4.79 Å². The molecule has 2 aromatic carbocycles. The van der Waals surface area contributed by atoms with Crippen LogP contribution in [0.1, 0.15) is 10.5 Å². The minimum absolute atomic E-state index is 0.258. The summed E-state index contributed by atoms with van der Waals surface area (Å²) in [5.41, 5.74) is 7.24. The van der Waals surface area contributed by atoms with Crippen molar-refractivity contribution in [2.75, 3.05) is 0 Å². The minimum atomic E-state index is -0.536. The van der Waals surface area contributed by atoms with Crippen molar-refractivity contribution in [3.05, 3.63) is 65.3 Å². The van der Waals surface area contributed by atoms with Gasteiger partial charge in [-0.2, -0.15) is 0 Å². The number of nitrogens with zero attached hydrogens (tertiary/aromatic N) is 1. The van der Waals surface area contributed by atoms with Crippen LogP contribution in [0.5, 0.6) is 0 Å². The first-order valence-corrected chi connectivity index (χ1v) is 6.48. The van der Waals surface area contributed by atoms with Crippen LogP contribution in [-0.2, 0) is 0 Å². The molecule has 0 unspecified atom stereocenters. The lowest BCUT2D eigenvalue weighted by molar-refractivity contribution is 0.0996. The Hall–Kier alpha value is -2.39. The van der Waals surface area contributed by atoms with Crippen LogP contribution in [0.2, 0.25) is 5.02 Å². The summed E-state index contributed by atoms with van der Waals surface area (Å²) in [6.45, 7) is 0. The third-order valence-electron chi connectivity index (χ3n) is 3.11. The molecule has 3 aromatic rings. The maximum Gasteiger partial charge on any atom is 0.267 e. The van der Waals surface area contributed by atoms with E-state index in [4.69, 9.17) is 17.3 Å². The van der Waals surface area contributed by atoms with E-state index in [9.17, 15) is 4.79 Å². The summed E-state index contributed by atoms with van der Waals surface area (Å²) in [5, 5.41) is 2.56. The number of hydrogen-bond acceptors (Lipinski definition) is 2. The van der Waals surface area contributed by atoms with Crippen molar-refractivity contribution >= 4 is 28.3 Å². The molecule has 1 heterocycles. The molecule has 0 aliphatic rings. The summed E-state index contributed by atoms with van der Waals surface area (Å²) in [4.78, 5) is 15.8. The van der Waals surface area contributed by atoms with E-state index in [1.54, 1.807) is 18.2 Å². The lowest BCUT2D eigenvalue weighted by Gasteiger charge is -2.08. The molecule has 4 heteroatoms. The lowest BCUT2D eigenvalue weighted by atomic mass is 10.0. The highest BCUT2D eigenvalue weighted by Crippen LogP contribution is 2.28. The average molecular weight is 283 g/mol. The van der Waals surface area contributed by atoms with Crippen LogP contribution < -0.4 is 5.73 Å². The number of aromatic nitrogens is 1. The summed E-state index contributed by atoms with van der Waals surface area (Å²) in [6.07, 6.45) is 0. The fraction of sp³-hybridized carbons (Fsp3) is 0. The van der Waals surface area contributed by atoms with E-state index in [1.165, 1.54) is 0 Å². The molecule has 2 N–H and O–H groups in total. The number of pyridine rings is 1. The molecule has 0 saturated heterocycles. The van der Waals surface area contributed by atoms with Gasteiger partial charge < -0.3 is 5.73 Å². The van der Waals surface area contributed by atoms with Crippen LogP contribution in [0.3, 0.4) is 0 Å². The first-order chi connectivity index (χ1) is 9.65. The lowest BCUT2D eigenvalue weighted by Crippen LogP contribution is -2.13. The molecule has 0 radical (unpaired) electrons. The van der Waals surface area contributed by atoms with Gasteiger partial charge in [0, 0.05) is 16.0 Å². The van der Waals surface area contributed by atoms with Gasteiger partial charge in [-0.05, 0) is 23.6 Å². The summed E-state index contributed by atoms with van der Waals surface area (Å²) in [5.74, 6) is -0.536. The summed E-state index contributed by atoms with van der Waals surface area (Å²) < 4.78 is 0. The van der Waals surface area contributed by atoms with Gasteiger partial charge in [0.2, 0.25) is 0 Å². The van der Waals surface area contributed by atoms with E-state index in [0.29, 0.717) is 5.02 Å². The first-order valence-electron chi connectivity index (χ1n) is 6.11. The summed E-state index contributed by atoms with van der Waals surface area (Å²) >= 11 is 5.90. The number of carbonyl (C=O) groups excluding carboxylic acids is 1. The van der Waals surface area contributed by atoms with Crippen molar-refractivity contribution in [1.82, 2.24) is 4.98 Å². The number of hydrogen-bond donors (Lipinski definition) is 1. The van der Waals surface area contributed by atoms with Gasteiger partial charge in [0.15, 0.2) is 0 Å². The Labute approximate surface area is 121 Å². The third-order valence-corrected chi connectivity index (χ3v) is 3.36. The molecule has 20 heavy (non-hydrogen) atoms. The maximum absolute atomic E-state index is 11.4. The van der Waals surface area contributed by atoms with E-state index >= 15 is 0 Å². The van der Waals surface area contributed by atoms with Crippen molar-refractivity contribution < 1.29 is 4.79 Å². The Kier molecular flexibility index (Phi) is 3.12. The van der Waals surface area contributed by atoms with Crippen LogP contribution in [0.4, 0.5) is 0 Å². The normalized spacial score (nSPS) is 10.7. The Morgan fingerprint density at radius 3 is 2.45 bits per heavy atom. The molecule has 1 aromatic heterocycles. The molecule has 3 nitrogen and oxygen atoms in total. The third kappa shape index (κ3) is 2.24. The molecule has 1 amide bonds. The number of fused-ring (bicyclic) bond motifs is 1. The van der Waals surface area contributed by atoms with E-state index in [2.05, 4.69) is 4.98 Å². The van der Waals surface area contributed by atoms with Crippen LogP contribution in [0, 0.1) is 0 Å². The van der Waals surface area contributed by atoms with E-state index in [0.717, 1.165) is 22.0 Å². The van der Waals surface area contributed by atoms with Crippen molar-refractivity contribution in [2.45, 2.75) is 0 Å². The topological polar surface area (TPSA) is 56.0 Å². The summed E-state index contributed by atoms with van der Waals surface area (Å²) in [7, 11) is 0. The molecule has 98 valence electrons. The van der Waals surface area contributed by atoms with Crippen LogP contribution >= 0.6 is 11.6 Å². The van der Waals surface area contributed by atoms with Gasteiger partial charge >= 0.3 is 0 Å². The highest BCUT2D eigenvalue weighted by atomic mass is 35.5. The predicted molar refractivity (Wildman–Crippen MR) is 80.7 cm³/mol. The van der Waals surface area contributed by atoms with Crippen molar-refractivity contribution in [3.8, 4) is 11.3 Å². The highest BCUT2D eigenvalue weighted by molar-refractivity contribution is 6.30. The number of amides is 1. The molecule has 0 saturated carbocycles. The van der Waals surface area contributed by atoms with E-state index in [1.807, 2.05) is 36.4 Å². The van der Waals surface area contributed by atoms with Gasteiger partial charge in [-0.1, -0.05) is 48.0 Å². The number of primary amides is 1. The van der Waals surface area contributed by atoms with Crippen LogP contribution in [0.15, 0.2) is 54.6 Å². The van der Waals surface area contributed by atoms with Crippen molar-refractivity contribution in [3.63, 3.8) is 0 Å². The quantitative estimate of drug-likeness (QED) is 0.780. The zero-order valence-electron chi connectivity index (χ0n) is 10.5. The SMILES string of the molecule is NC(=O)c1cc2ccccc2c(-c2ccc(Cl)cc2)n1. The Balaban J connectivity index is 2.32. The standard InChI is InChI=1S/C16H11ClN2O/c17-12-7-5-10(6-8-12)15-13-4-2-1-3-11(13)9-14(19-15)16(18)20/h1-9H,(H2,18,20). The van der Waals surface area contributed by atoms with Crippen LogP contribution in [-0.4, -0.2) is 10.9 Å². The molecule has 0 atom stereocenters. The zero-order valence-corrected chi connectivity index (χ0v) is 11.3. The number of carbonyl (C=O) groups is 1. The smallest absolute Gasteiger partial charge is 0.267 e. The molecular formula is C16H11ClN2O. The van der Waals surface area contributed by atoms with Gasteiger partial charge in [-0.25, -0.2) is 4.98 Å². The molecule has 0 aliphatic carbocycles. The maximum atomic E-state index is 11.4. The second-order valence-electron chi connectivity index (χ2n) is 4.45. The van der Waals surface area contributed by atoms with Crippen molar-refractivity contribution in [2.24, 2.45) is 5.73 Å². The fourth-order valence-corrected chi connectivity index (χ4v) is 2.28. The first kappa shape index (κ1) is 12.6. The highest BCUT2D eigenvalue weighted by Gasteiger charge is 2.11. The van der Waals surface area contributed by atoms with E-state index in [-0.39, 0.29) is 5.69 Å². The molecule has 0 spiro atoms. The fourth-order valence-electron chi connectivity index (χ4n) is 2.15. The molecular weight excluding hydrogens is 272 g/mol. The number of nitrogens with two attached hydrogens (primary N) is 1. The average Bonchev–Trinajstić information content (AvgIpc) is 2.47. The number of benzene rings is 2.